The van der Waals surface area contributed by atoms with Crippen molar-refractivity contribution in [3.8, 4) is 0 Å². The molecule has 2 fully saturated rings. The van der Waals surface area contributed by atoms with E-state index in [4.69, 9.17) is 0 Å². The molecule has 28 heavy (non-hydrogen) atoms. The van der Waals surface area contributed by atoms with Crippen LogP contribution in [0.5, 0.6) is 0 Å². The third-order valence-electron chi connectivity index (χ3n) is 6.91. The lowest BCUT2D eigenvalue weighted by Gasteiger charge is -2.41. The van der Waals surface area contributed by atoms with Crippen LogP contribution in [0.25, 0.3) is 10.1 Å². The number of nitrogens with zero attached hydrogens (tertiary/aromatic N) is 1. The van der Waals surface area contributed by atoms with Crippen molar-refractivity contribution in [1.82, 2.24) is 4.90 Å². The SMILES string of the molecule is CN(Cc1ccccc1)CC1C2CCC(C2)C1(O)c1cc2ccc(F)cc2s1. The van der Waals surface area contributed by atoms with Crippen LogP contribution in [0.3, 0.4) is 0 Å². The predicted molar refractivity (Wildman–Crippen MR) is 113 cm³/mol. The molecule has 2 bridgehead atoms. The molecule has 1 heterocycles. The number of halogens is 1. The number of thiophene rings is 1. The van der Waals surface area contributed by atoms with Gasteiger partial charge in [0.25, 0.3) is 0 Å². The van der Waals surface area contributed by atoms with Gasteiger partial charge in [0.2, 0.25) is 0 Å². The van der Waals surface area contributed by atoms with E-state index in [1.54, 1.807) is 17.4 Å². The first-order chi connectivity index (χ1) is 13.5. The van der Waals surface area contributed by atoms with E-state index in [0.29, 0.717) is 11.8 Å². The normalized spacial score (nSPS) is 29.2. The van der Waals surface area contributed by atoms with Gasteiger partial charge in [0.05, 0.1) is 0 Å². The van der Waals surface area contributed by atoms with Gasteiger partial charge < -0.3 is 10.0 Å². The largest absolute Gasteiger partial charge is 0.384 e. The maximum atomic E-state index is 13.7. The van der Waals surface area contributed by atoms with Gasteiger partial charge in [-0.15, -0.1) is 11.3 Å². The lowest BCUT2D eigenvalue weighted by Crippen LogP contribution is -2.45. The van der Waals surface area contributed by atoms with Crippen molar-refractivity contribution in [2.75, 3.05) is 13.6 Å². The van der Waals surface area contributed by atoms with E-state index < -0.39 is 5.60 Å². The highest BCUT2D eigenvalue weighted by Gasteiger charge is 2.58. The van der Waals surface area contributed by atoms with Crippen LogP contribution in [-0.2, 0) is 12.1 Å². The summed E-state index contributed by atoms with van der Waals surface area (Å²) in [5, 5.41) is 13.0. The van der Waals surface area contributed by atoms with Crippen molar-refractivity contribution >= 4 is 21.4 Å². The molecule has 2 aliphatic rings. The third-order valence-corrected chi connectivity index (χ3v) is 8.15. The molecule has 4 heteroatoms. The van der Waals surface area contributed by atoms with E-state index in [9.17, 15) is 9.50 Å². The molecule has 146 valence electrons. The van der Waals surface area contributed by atoms with Gasteiger partial charge in [-0.2, -0.15) is 0 Å². The highest BCUT2D eigenvalue weighted by molar-refractivity contribution is 7.19. The number of fused-ring (bicyclic) bond motifs is 3. The van der Waals surface area contributed by atoms with E-state index in [-0.39, 0.29) is 11.7 Å². The minimum absolute atomic E-state index is 0.208. The quantitative estimate of drug-likeness (QED) is 0.625. The number of rotatable bonds is 5. The van der Waals surface area contributed by atoms with Gasteiger partial charge in [-0.25, -0.2) is 4.39 Å². The Balaban J connectivity index is 1.44. The van der Waals surface area contributed by atoms with Crippen molar-refractivity contribution in [3.05, 3.63) is 70.9 Å². The molecule has 4 unspecified atom stereocenters. The molecule has 0 saturated heterocycles. The van der Waals surface area contributed by atoms with Gasteiger partial charge in [-0.3, -0.25) is 0 Å². The summed E-state index contributed by atoms with van der Waals surface area (Å²) in [4.78, 5) is 3.37. The first-order valence-electron chi connectivity index (χ1n) is 10.2. The summed E-state index contributed by atoms with van der Waals surface area (Å²) >= 11 is 1.57. The van der Waals surface area contributed by atoms with Crippen LogP contribution in [0.2, 0.25) is 0 Å². The second-order valence-electron chi connectivity index (χ2n) is 8.68. The van der Waals surface area contributed by atoms with Crippen molar-refractivity contribution in [2.24, 2.45) is 17.8 Å². The maximum Gasteiger partial charge on any atom is 0.124 e. The number of aliphatic hydroxyl groups is 1. The fourth-order valence-corrected chi connectivity index (χ4v) is 6.93. The zero-order valence-corrected chi connectivity index (χ0v) is 17.0. The molecule has 3 aromatic rings. The Hall–Kier alpha value is -1.75. The fraction of sp³-hybridized carbons (Fsp3) is 0.417. The third kappa shape index (κ3) is 2.99. The highest BCUT2D eigenvalue weighted by atomic mass is 32.1. The van der Waals surface area contributed by atoms with Gasteiger partial charge in [-0.05, 0) is 67.3 Å². The van der Waals surface area contributed by atoms with Gasteiger partial charge in [-0.1, -0.05) is 36.4 Å². The second-order valence-corrected chi connectivity index (χ2v) is 9.76. The zero-order chi connectivity index (χ0) is 19.3. The average Bonchev–Trinajstić information content (AvgIpc) is 3.38. The number of hydrogen-bond donors (Lipinski definition) is 1. The first-order valence-corrected chi connectivity index (χ1v) is 11.0. The standard InChI is InChI=1S/C24H26FNOS/c1-26(14-16-5-3-2-4-6-16)15-21-17-7-9-19(11-17)24(21,27)23-12-18-8-10-20(25)13-22(18)28-23/h2-6,8,10,12-13,17,19,21,27H,7,9,11,14-15H2,1H3. The van der Waals surface area contributed by atoms with Crippen molar-refractivity contribution in [1.29, 1.82) is 0 Å². The summed E-state index contributed by atoms with van der Waals surface area (Å²) in [7, 11) is 2.15. The summed E-state index contributed by atoms with van der Waals surface area (Å²) in [5.74, 6) is 0.929. The molecule has 1 N–H and O–H groups in total. The Morgan fingerprint density at radius 1 is 1.14 bits per heavy atom. The molecule has 4 atom stereocenters. The lowest BCUT2D eigenvalue weighted by atomic mass is 9.74. The van der Waals surface area contributed by atoms with Crippen LogP contribution >= 0.6 is 11.3 Å². The Labute approximate surface area is 169 Å². The molecular weight excluding hydrogens is 369 g/mol. The van der Waals surface area contributed by atoms with E-state index in [1.165, 1.54) is 18.1 Å². The molecule has 0 radical (unpaired) electrons. The topological polar surface area (TPSA) is 23.5 Å². The molecule has 5 rings (SSSR count). The van der Waals surface area contributed by atoms with Crippen LogP contribution in [0.4, 0.5) is 4.39 Å². The molecule has 1 aromatic heterocycles. The van der Waals surface area contributed by atoms with Gasteiger partial charge >= 0.3 is 0 Å². The Bertz CT molecular complexity index is 987. The first kappa shape index (κ1) is 18.3. The molecule has 2 aliphatic carbocycles. The van der Waals surface area contributed by atoms with Gasteiger partial charge in [0.1, 0.15) is 11.4 Å². The Morgan fingerprint density at radius 3 is 2.79 bits per heavy atom. The summed E-state index contributed by atoms with van der Waals surface area (Å²) in [6.07, 6.45) is 3.43. The van der Waals surface area contributed by atoms with E-state index in [2.05, 4.69) is 42.3 Å². The smallest absolute Gasteiger partial charge is 0.124 e. The zero-order valence-electron chi connectivity index (χ0n) is 16.1. The van der Waals surface area contributed by atoms with E-state index in [0.717, 1.165) is 40.9 Å². The van der Waals surface area contributed by atoms with Crippen molar-refractivity contribution in [2.45, 2.75) is 31.4 Å². The van der Waals surface area contributed by atoms with Crippen LogP contribution in [0, 0.1) is 23.6 Å². The Morgan fingerprint density at radius 2 is 1.96 bits per heavy atom. The maximum absolute atomic E-state index is 13.7. The van der Waals surface area contributed by atoms with Crippen LogP contribution in [-0.4, -0.2) is 23.6 Å². The van der Waals surface area contributed by atoms with Gasteiger partial charge in [0, 0.05) is 28.6 Å². The minimum Gasteiger partial charge on any atom is -0.384 e. The lowest BCUT2D eigenvalue weighted by molar-refractivity contribution is -0.0723. The molecule has 2 saturated carbocycles. The van der Waals surface area contributed by atoms with Crippen LogP contribution < -0.4 is 0 Å². The summed E-state index contributed by atoms with van der Waals surface area (Å²) in [6, 6.07) is 17.5. The summed E-state index contributed by atoms with van der Waals surface area (Å²) in [6.45, 7) is 1.78. The van der Waals surface area contributed by atoms with E-state index in [1.807, 2.05) is 12.1 Å². The van der Waals surface area contributed by atoms with Crippen molar-refractivity contribution in [3.63, 3.8) is 0 Å². The molecular formula is C24H26FNOS. The predicted octanol–water partition coefficient (Wildman–Crippen LogP) is 5.41. The number of benzene rings is 2. The molecule has 2 nitrogen and oxygen atoms in total. The average molecular weight is 396 g/mol. The van der Waals surface area contributed by atoms with Crippen molar-refractivity contribution < 1.29 is 9.50 Å². The number of hydrogen-bond acceptors (Lipinski definition) is 3. The molecule has 0 aliphatic heterocycles. The van der Waals surface area contributed by atoms with Crippen LogP contribution in [0.1, 0.15) is 29.7 Å². The van der Waals surface area contributed by atoms with Crippen LogP contribution in [0.15, 0.2) is 54.6 Å². The van der Waals surface area contributed by atoms with Gasteiger partial charge in [0.15, 0.2) is 0 Å². The fourth-order valence-electron chi connectivity index (χ4n) is 5.61. The molecule has 2 aromatic carbocycles. The minimum atomic E-state index is -0.784. The second kappa shape index (κ2) is 6.94. The molecule has 0 amide bonds. The monoisotopic (exact) mass is 395 g/mol. The highest BCUT2D eigenvalue weighted by Crippen LogP contribution is 2.60. The van der Waals surface area contributed by atoms with E-state index >= 15 is 0 Å². The summed E-state index contributed by atoms with van der Waals surface area (Å²) in [5.41, 5.74) is 0.516. The summed E-state index contributed by atoms with van der Waals surface area (Å²) < 4.78 is 14.6. The molecule has 0 spiro atoms. The Kier molecular flexibility index (Phi) is 4.53.